The third kappa shape index (κ3) is 4.13. The van der Waals surface area contributed by atoms with Gasteiger partial charge in [0.25, 0.3) is 0 Å². The smallest absolute Gasteiger partial charge is 0.119 e. The van der Waals surface area contributed by atoms with E-state index in [0.29, 0.717) is 13.2 Å². The van der Waals surface area contributed by atoms with Crippen LogP contribution in [0.15, 0.2) is 42.7 Å². The number of benzene rings is 1. The molecule has 4 nitrogen and oxygen atoms in total. The van der Waals surface area contributed by atoms with Gasteiger partial charge in [-0.3, -0.25) is 9.88 Å². The van der Waals surface area contributed by atoms with E-state index in [1.807, 2.05) is 25.2 Å². The summed E-state index contributed by atoms with van der Waals surface area (Å²) in [5.41, 5.74) is 4.03. The molecule has 1 aliphatic carbocycles. The summed E-state index contributed by atoms with van der Waals surface area (Å²) in [7, 11) is 2.02. The van der Waals surface area contributed by atoms with Crippen LogP contribution in [0.5, 0.6) is 5.75 Å². The lowest BCUT2D eigenvalue weighted by atomic mass is 10.1. The van der Waals surface area contributed by atoms with Crippen molar-refractivity contribution >= 4 is 0 Å². The van der Waals surface area contributed by atoms with Gasteiger partial charge in [-0.2, -0.15) is 0 Å². The van der Waals surface area contributed by atoms with Gasteiger partial charge in [0.15, 0.2) is 0 Å². The van der Waals surface area contributed by atoms with E-state index >= 15 is 0 Å². The number of likely N-dealkylation sites (N-methyl/N-ethyl adjacent to an activating group) is 1. The summed E-state index contributed by atoms with van der Waals surface area (Å²) in [6, 6.07) is 10.5. The number of aryl methyl sites for hydroxylation is 2. The zero-order chi connectivity index (χ0) is 16.9. The van der Waals surface area contributed by atoms with Crippen LogP contribution in [0, 0.1) is 0 Å². The number of aliphatic hydroxyl groups excluding tert-OH is 1. The van der Waals surface area contributed by atoms with E-state index in [9.17, 15) is 5.11 Å². The molecule has 0 amide bonds. The van der Waals surface area contributed by atoms with Crippen LogP contribution in [0.2, 0.25) is 0 Å². The molecule has 1 heterocycles. The van der Waals surface area contributed by atoms with E-state index in [-0.39, 0.29) is 6.04 Å². The third-order valence-electron chi connectivity index (χ3n) is 4.86. The highest BCUT2D eigenvalue weighted by Crippen LogP contribution is 2.26. The normalized spacial score (nSPS) is 16.0. The molecule has 3 rings (SSSR count). The molecule has 0 bridgehead atoms. The Morgan fingerprint density at radius 2 is 1.92 bits per heavy atom. The fourth-order valence-electron chi connectivity index (χ4n) is 3.27. The molecular formula is C20H26N2O2. The first-order chi connectivity index (χ1) is 11.6. The Morgan fingerprint density at radius 3 is 2.71 bits per heavy atom. The van der Waals surface area contributed by atoms with Crippen LogP contribution in [0.3, 0.4) is 0 Å². The maximum Gasteiger partial charge on any atom is 0.119 e. The minimum atomic E-state index is -0.521. The molecule has 0 radical (unpaired) electrons. The first-order valence-corrected chi connectivity index (χ1v) is 8.66. The van der Waals surface area contributed by atoms with E-state index in [1.165, 1.54) is 29.5 Å². The summed E-state index contributed by atoms with van der Waals surface area (Å²) in [5, 5.41) is 10.3. The molecule has 1 N–H and O–H groups in total. The van der Waals surface area contributed by atoms with Crippen LogP contribution in [0.4, 0.5) is 0 Å². The Balaban J connectivity index is 1.49. The first-order valence-electron chi connectivity index (χ1n) is 8.66. The highest BCUT2D eigenvalue weighted by molar-refractivity contribution is 5.38. The Bertz CT molecular complexity index is 660. The van der Waals surface area contributed by atoms with Crippen LogP contribution < -0.4 is 4.74 Å². The Hall–Kier alpha value is -1.91. The number of ether oxygens (including phenoxy) is 1. The second kappa shape index (κ2) is 7.77. The van der Waals surface area contributed by atoms with E-state index < -0.39 is 6.10 Å². The summed E-state index contributed by atoms with van der Waals surface area (Å²) in [5.74, 6) is 0.861. The number of pyridine rings is 1. The quantitative estimate of drug-likeness (QED) is 0.849. The minimum absolute atomic E-state index is 0.225. The Kier molecular flexibility index (Phi) is 5.48. The van der Waals surface area contributed by atoms with Crippen molar-refractivity contribution in [1.82, 2.24) is 9.88 Å². The SMILES string of the molecule is CC(c1ccncc1)N(C)CC(O)COc1ccc2c(c1)CCC2. The number of aromatic nitrogens is 1. The highest BCUT2D eigenvalue weighted by atomic mass is 16.5. The number of hydrogen-bond donors (Lipinski definition) is 1. The van der Waals surface area contributed by atoms with Gasteiger partial charge in [-0.15, -0.1) is 0 Å². The number of nitrogens with zero attached hydrogens (tertiary/aromatic N) is 2. The van der Waals surface area contributed by atoms with Gasteiger partial charge in [-0.05, 0) is 74.2 Å². The van der Waals surface area contributed by atoms with Gasteiger partial charge in [0, 0.05) is 25.0 Å². The fourth-order valence-corrected chi connectivity index (χ4v) is 3.27. The summed E-state index contributed by atoms with van der Waals surface area (Å²) in [4.78, 5) is 6.18. The lowest BCUT2D eigenvalue weighted by molar-refractivity contribution is 0.0653. The number of aliphatic hydroxyl groups is 1. The first kappa shape index (κ1) is 16.9. The average Bonchev–Trinajstić information content (AvgIpc) is 3.07. The molecule has 24 heavy (non-hydrogen) atoms. The van der Waals surface area contributed by atoms with Gasteiger partial charge in [-0.1, -0.05) is 6.07 Å². The molecule has 0 saturated carbocycles. The van der Waals surface area contributed by atoms with Crippen LogP contribution >= 0.6 is 0 Å². The van der Waals surface area contributed by atoms with Crippen molar-refractivity contribution in [3.8, 4) is 5.75 Å². The molecule has 1 aliphatic rings. The van der Waals surface area contributed by atoms with Gasteiger partial charge in [0.05, 0.1) is 0 Å². The van der Waals surface area contributed by atoms with Gasteiger partial charge in [-0.25, -0.2) is 0 Å². The number of rotatable bonds is 7. The predicted molar refractivity (Wildman–Crippen MR) is 95.3 cm³/mol. The van der Waals surface area contributed by atoms with Crippen molar-refractivity contribution in [2.45, 2.75) is 38.3 Å². The highest BCUT2D eigenvalue weighted by Gasteiger charge is 2.16. The molecule has 2 atom stereocenters. The molecule has 4 heteroatoms. The zero-order valence-electron chi connectivity index (χ0n) is 14.5. The molecule has 2 aromatic rings. The van der Waals surface area contributed by atoms with Gasteiger partial charge < -0.3 is 9.84 Å². The van der Waals surface area contributed by atoms with Crippen molar-refractivity contribution in [2.24, 2.45) is 0 Å². The maximum absolute atomic E-state index is 10.3. The molecule has 0 fully saturated rings. The van der Waals surface area contributed by atoms with Crippen molar-refractivity contribution in [1.29, 1.82) is 0 Å². The number of fused-ring (bicyclic) bond motifs is 1. The van der Waals surface area contributed by atoms with Gasteiger partial charge in [0.2, 0.25) is 0 Å². The summed E-state index contributed by atoms with van der Waals surface area (Å²) in [6.45, 7) is 3.00. The van der Waals surface area contributed by atoms with Crippen LogP contribution in [-0.2, 0) is 12.8 Å². The van der Waals surface area contributed by atoms with Crippen LogP contribution in [-0.4, -0.2) is 41.3 Å². The lowest BCUT2D eigenvalue weighted by Crippen LogP contribution is -2.34. The second-order valence-corrected chi connectivity index (χ2v) is 6.64. The van der Waals surface area contributed by atoms with E-state index in [1.54, 1.807) is 12.4 Å². The van der Waals surface area contributed by atoms with Crippen LogP contribution in [0.1, 0.15) is 36.1 Å². The fraction of sp³-hybridized carbons (Fsp3) is 0.450. The summed E-state index contributed by atoms with van der Waals surface area (Å²) in [6.07, 6.45) is 6.63. The molecule has 0 saturated heterocycles. The summed E-state index contributed by atoms with van der Waals surface area (Å²) < 4.78 is 5.79. The lowest BCUT2D eigenvalue weighted by Gasteiger charge is -2.27. The van der Waals surface area contributed by atoms with Crippen molar-refractivity contribution in [2.75, 3.05) is 20.2 Å². The molecule has 0 spiro atoms. The van der Waals surface area contributed by atoms with E-state index in [0.717, 1.165) is 12.2 Å². The molecule has 0 aliphatic heterocycles. The topological polar surface area (TPSA) is 45.6 Å². The van der Waals surface area contributed by atoms with Crippen molar-refractivity contribution in [3.05, 3.63) is 59.4 Å². The number of hydrogen-bond acceptors (Lipinski definition) is 4. The van der Waals surface area contributed by atoms with E-state index in [2.05, 4.69) is 28.9 Å². The molecule has 1 aromatic heterocycles. The zero-order valence-corrected chi connectivity index (χ0v) is 14.5. The standard InChI is InChI=1S/C20H26N2O2/c1-15(16-8-10-21-11-9-16)22(2)13-19(23)14-24-20-7-6-17-4-3-5-18(17)12-20/h6-12,15,19,23H,3-5,13-14H2,1-2H3. The van der Waals surface area contributed by atoms with Crippen LogP contribution in [0.25, 0.3) is 0 Å². The average molecular weight is 326 g/mol. The summed E-state index contributed by atoms with van der Waals surface area (Å²) >= 11 is 0. The maximum atomic E-state index is 10.3. The molecule has 2 unspecified atom stereocenters. The molecule has 128 valence electrons. The van der Waals surface area contributed by atoms with E-state index in [4.69, 9.17) is 4.74 Å². The molecule has 1 aromatic carbocycles. The minimum Gasteiger partial charge on any atom is -0.491 e. The second-order valence-electron chi connectivity index (χ2n) is 6.64. The van der Waals surface area contributed by atoms with Crippen molar-refractivity contribution < 1.29 is 9.84 Å². The Morgan fingerprint density at radius 1 is 1.17 bits per heavy atom. The van der Waals surface area contributed by atoms with Gasteiger partial charge >= 0.3 is 0 Å². The van der Waals surface area contributed by atoms with Crippen molar-refractivity contribution in [3.63, 3.8) is 0 Å². The largest absolute Gasteiger partial charge is 0.491 e. The van der Waals surface area contributed by atoms with Gasteiger partial charge in [0.1, 0.15) is 18.5 Å². The molecular weight excluding hydrogens is 300 g/mol. The third-order valence-corrected chi connectivity index (χ3v) is 4.86. The predicted octanol–water partition coefficient (Wildman–Crippen LogP) is 3.00. The monoisotopic (exact) mass is 326 g/mol. The Labute approximate surface area is 144 Å².